The first-order chi connectivity index (χ1) is 20.6. The molecular formula is C27H34Cl7N3O6. The van der Waals surface area contributed by atoms with E-state index in [-0.39, 0.29) is 16.9 Å². The fourth-order valence-electron chi connectivity index (χ4n) is 2.28. The van der Waals surface area contributed by atoms with E-state index in [1.807, 2.05) is 20.8 Å². The average molecular weight is 745 g/mol. The predicted octanol–water partition coefficient (Wildman–Crippen LogP) is 8.66. The van der Waals surface area contributed by atoms with Crippen LogP contribution in [0.5, 0.6) is 11.8 Å². The number of aliphatic hydroxyl groups excluding tert-OH is 1. The summed E-state index contributed by atoms with van der Waals surface area (Å²) in [7, 11) is 0. The number of pyridine rings is 3. The lowest BCUT2D eigenvalue weighted by Crippen LogP contribution is -2.07. The molecule has 0 aromatic carbocycles. The summed E-state index contributed by atoms with van der Waals surface area (Å²) in [6.07, 6.45) is 0. The van der Waals surface area contributed by atoms with E-state index in [1.54, 1.807) is 36.4 Å². The van der Waals surface area contributed by atoms with Crippen LogP contribution in [0.15, 0.2) is 36.4 Å². The van der Waals surface area contributed by atoms with E-state index in [1.165, 1.54) is 0 Å². The largest absolute Gasteiger partial charge is 0.475 e. The number of aliphatic hydroxyl groups is 1. The van der Waals surface area contributed by atoms with Gasteiger partial charge in [-0.05, 0) is 51.1 Å². The number of halogens is 7. The second-order valence-electron chi connectivity index (χ2n) is 7.26. The molecule has 16 heteroatoms. The summed E-state index contributed by atoms with van der Waals surface area (Å²) in [6, 6.07) is 9.74. The van der Waals surface area contributed by atoms with Gasteiger partial charge in [-0.2, -0.15) is 0 Å². The Morgan fingerprint density at radius 1 is 0.535 bits per heavy atom. The minimum Gasteiger partial charge on any atom is -0.475 e. The van der Waals surface area contributed by atoms with Crippen LogP contribution in [0.4, 0.5) is 0 Å². The van der Waals surface area contributed by atoms with Crippen molar-refractivity contribution in [3.8, 4) is 11.8 Å². The van der Waals surface area contributed by atoms with Crippen molar-refractivity contribution >= 4 is 81.2 Å². The van der Waals surface area contributed by atoms with Gasteiger partial charge in [-0.1, -0.05) is 81.2 Å². The molecule has 0 fully saturated rings. The van der Waals surface area contributed by atoms with E-state index in [2.05, 4.69) is 15.0 Å². The van der Waals surface area contributed by atoms with Crippen LogP contribution in [0.25, 0.3) is 0 Å². The molecule has 0 radical (unpaired) electrons. The molecular weight excluding hydrogens is 710 g/mol. The van der Waals surface area contributed by atoms with E-state index in [4.69, 9.17) is 110 Å². The first-order valence-electron chi connectivity index (χ1n) is 12.8. The lowest BCUT2D eigenvalue weighted by Gasteiger charge is -2.06. The molecule has 0 bridgehead atoms. The summed E-state index contributed by atoms with van der Waals surface area (Å²) < 4.78 is 25.5. The highest BCUT2D eigenvalue weighted by molar-refractivity contribution is 6.42. The molecule has 0 aliphatic heterocycles. The lowest BCUT2D eigenvalue weighted by atomic mass is 10.5. The van der Waals surface area contributed by atoms with Gasteiger partial charge in [0.25, 0.3) is 0 Å². The third-order valence-corrected chi connectivity index (χ3v) is 6.21. The molecule has 3 aromatic rings. The zero-order valence-electron chi connectivity index (χ0n) is 23.8. The standard InChI is InChI=1S/2C9H11Cl2NO2.C5H2Cl3N.C4H10O2/c1-2-13-5-6-14-8-4-3-7(10)9(11)12-8;1-2-13-5-6-14-9-7(10)3-4-8(11)12-9;6-3-1-2-4(7)9-5(3)8;1-2-6-4-3-5/h2*3-4H,2,5-6H2,1H3;1-2H;5H,2-4H2,1H3. The van der Waals surface area contributed by atoms with Gasteiger partial charge in [-0.15, -0.1) is 0 Å². The lowest BCUT2D eigenvalue weighted by molar-refractivity contribution is 0.102. The molecule has 0 aliphatic carbocycles. The van der Waals surface area contributed by atoms with Crippen LogP contribution in [-0.4, -0.2) is 79.5 Å². The maximum atomic E-state index is 8.07. The van der Waals surface area contributed by atoms with E-state index < -0.39 is 0 Å². The molecule has 0 unspecified atom stereocenters. The maximum Gasteiger partial charge on any atom is 0.234 e. The van der Waals surface area contributed by atoms with Crippen LogP contribution < -0.4 is 9.47 Å². The number of hydrogen-bond donors (Lipinski definition) is 1. The minimum absolute atomic E-state index is 0.133. The van der Waals surface area contributed by atoms with Gasteiger partial charge in [0.1, 0.15) is 33.7 Å². The Hall–Kier alpha value is -1.08. The normalized spacial score (nSPS) is 9.93. The summed E-state index contributed by atoms with van der Waals surface area (Å²) >= 11 is 39.4. The second-order valence-corrected chi connectivity index (χ2v) is 9.97. The zero-order valence-corrected chi connectivity index (χ0v) is 29.1. The molecule has 0 amide bonds. The second kappa shape index (κ2) is 27.2. The van der Waals surface area contributed by atoms with Crippen LogP contribution in [0.1, 0.15) is 20.8 Å². The summed E-state index contributed by atoms with van der Waals surface area (Å²) in [4.78, 5) is 11.5. The van der Waals surface area contributed by atoms with Gasteiger partial charge in [0, 0.05) is 25.9 Å². The monoisotopic (exact) mass is 741 g/mol. The number of ether oxygens (including phenoxy) is 5. The third kappa shape index (κ3) is 22.1. The number of aromatic nitrogens is 3. The van der Waals surface area contributed by atoms with Crippen molar-refractivity contribution in [1.82, 2.24) is 15.0 Å². The fourth-order valence-corrected chi connectivity index (χ4v) is 3.28. The van der Waals surface area contributed by atoms with Gasteiger partial charge in [0.15, 0.2) is 5.15 Å². The highest BCUT2D eigenvalue weighted by atomic mass is 35.5. The van der Waals surface area contributed by atoms with Crippen LogP contribution in [0, 0.1) is 0 Å². The molecule has 3 heterocycles. The Balaban J connectivity index is 0.000000573. The Bertz CT molecular complexity index is 1150. The van der Waals surface area contributed by atoms with Gasteiger partial charge in [0.2, 0.25) is 11.8 Å². The maximum absolute atomic E-state index is 8.07. The SMILES string of the molecule is CCOCCO.CCOCCOc1ccc(Cl)c(Cl)n1.CCOCCOc1nc(Cl)ccc1Cl.Clc1ccc(Cl)c(Cl)n1. The molecule has 9 nitrogen and oxygen atoms in total. The van der Waals surface area contributed by atoms with Crippen molar-refractivity contribution in [1.29, 1.82) is 0 Å². The summed E-state index contributed by atoms with van der Waals surface area (Å²) in [5.74, 6) is 0.804. The number of rotatable bonds is 13. The quantitative estimate of drug-likeness (QED) is 0.136. The smallest absolute Gasteiger partial charge is 0.234 e. The van der Waals surface area contributed by atoms with E-state index in [0.717, 1.165) is 0 Å². The third-order valence-electron chi connectivity index (χ3n) is 4.12. The van der Waals surface area contributed by atoms with Crippen LogP contribution in [0.3, 0.4) is 0 Å². The van der Waals surface area contributed by atoms with Crippen molar-refractivity contribution in [3.05, 3.63) is 72.1 Å². The first kappa shape index (κ1) is 41.9. The van der Waals surface area contributed by atoms with Crippen LogP contribution in [-0.2, 0) is 14.2 Å². The zero-order chi connectivity index (χ0) is 32.5. The molecule has 3 aromatic heterocycles. The van der Waals surface area contributed by atoms with Gasteiger partial charge >= 0.3 is 0 Å². The van der Waals surface area contributed by atoms with E-state index in [0.29, 0.717) is 90.0 Å². The van der Waals surface area contributed by atoms with Gasteiger partial charge in [-0.25, -0.2) is 15.0 Å². The van der Waals surface area contributed by atoms with Crippen molar-refractivity contribution < 1.29 is 28.8 Å². The molecule has 0 spiro atoms. The fraction of sp³-hybridized carbons (Fsp3) is 0.444. The summed E-state index contributed by atoms with van der Waals surface area (Å²) in [6.45, 7) is 10.3. The molecule has 1 N–H and O–H groups in total. The number of hydrogen-bond acceptors (Lipinski definition) is 9. The molecule has 0 saturated carbocycles. The molecule has 3 rings (SSSR count). The topological polar surface area (TPSA) is 105 Å². The molecule has 0 aliphatic rings. The van der Waals surface area contributed by atoms with Crippen molar-refractivity contribution in [2.75, 3.05) is 59.5 Å². The molecule has 0 atom stereocenters. The van der Waals surface area contributed by atoms with Crippen molar-refractivity contribution in [2.45, 2.75) is 20.8 Å². The Kier molecular flexibility index (Phi) is 26.6. The number of nitrogens with zero attached hydrogens (tertiary/aromatic N) is 3. The Morgan fingerprint density at radius 2 is 1.00 bits per heavy atom. The highest BCUT2D eigenvalue weighted by Gasteiger charge is 2.04. The average Bonchev–Trinajstić information content (AvgIpc) is 2.99. The molecule has 242 valence electrons. The summed E-state index contributed by atoms with van der Waals surface area (Å²) in [5, 5.41) is 10.6. The van der Waals surface area contributed by atoms with Crippen LogP contribution >= 0.6 is 81.2 Å². The Morgan fingerprint density at radius 3 is 1.47 bits per heavy atom. The Labute approximate surface area is 287 Å². The van der Waals surface area contributed by atoms with E-state index in [9.17, 15) is 0 Å². The minimum atomic E-state index is 0.133. The van der Waals surface area contributed by atoms with E-state index >= 15 is 0 Å². The highest BCUT2D eigenvalue weighted by Crippen LogP contribution is 2.24. The van der Waals surface area contributed by atoms with Crippen LogP contribution in [0.2, 0.25) is 35.7 Å². The molecule has 0 saturated heterocycles. The van der Waals surface area contributed by atoms with Gasteiger partial charge < -0.3 is 28.8 Å². The molecule has 43 heavy (non-hydrogen) atoms. The predicted molar refractivity (Wildman–Crippen MR) is 175 cm³/mol. The summed E-state index contributed by atoms with van der Waals surface area (Å²) in [5.41, 5.74) is 0. The van der Waals surface area contributed by atoms with Gasteiger partial charge in [-0.3, -0.25) is 0 Å². The van der Waals surface area contributed by atoms with Gasteiger partial charge in [0.05, 0.1) is 36.5 Å². The van der Waals surface area contributed by atoms with Crippen molar-refractivity contribution in [2.24, 2.45) is 0 Å². The first-order valence-corrected chi connectivity index (χ1v) is 15.4. The van der Waals surface area contributed by atoms with Crippen molar-refractivity contribution in [3.63, 3.8) is 0 Å².